The number of H-pyrrole nitrogens is 1. The summed E-state index contributed by atoms with van der Waals surface area (Å²) in [5, 5.41) is 9.32. The first kappa shape index (κ1) is 15.5. The summed E-state index contributed by atoms with van der Waals surface area (Å²) in [4.78, 5) is 11.7. The molecule has 1 aromatic heterocycles. The van der Waals surface area contributed by atoms with E-state index in [-0.39, 0.29) is 11.6 Å². The molecule has 7 heteroatoms. The second-order valence-electron chi connectivity index (χ2n) is 4.18. The maximum Gasteiger partial charge on any atom is 0.273 e. The van der Waals surface area contributed by atoms with E-state index in [1.54, 1.807) is 14.0 Å². The molecule has 0 radical (unpaired) electrons. The largest absolute Gasteiger partial charge is 0.395 e. The zero-order valence-corrected chi connectivity index (χ0v) is 11.5. The van der Waals surface area contributed by atoms with Gasteiger partial charge in [0.15, 0.2) is 5.69 Å². The van der Waals surface area contributed by atoms with Gasteiger partial charge < -0.3 is 20.5 Å². The molecule has 7 nitrogen and oxygen atoms in total. The highest BCUT2D eigenvalue weighted by Crippen LogP contribution is 2.11. The van der Waals surface area contributed by atoms with Crippen LogP contribution in [0.3, 0.4) is 0 Å². The molecule has 0 atom stereocenters. The van der Waals surface area contributed by atoms with Crippen LogP contribution in [-0.4, -0.2) is 49.6 Å². The van der Waals surface area contributed by atoms with E-state index in [1.165, 1.54) is 0 Å². The lowest BCUT2D eigenvalue weighted by Crippen LogP contribution is -2.25. The number of methoxy groups -OCH3 is 1. The molecule has 108 valence electrons. The Morgan fingerprint density at radius 2 is 2.16 bits per heavy atom. The van der Waals surface area contributed by atoms with Gasteiger partial charge >= 0.3 is 0 Å². The van der Waals surface area contributed by atoms with Crippen LogP contribution in [0.1, 0.15) is 29.0 Å². The van der Waals surface area contributed by atoms with Crippen molar-refractivity contribution in [3.05, 3.63) is 11.4 Å². The van der Waals surface area contributed by atoms with Gasteiger partial charge in [0.05, 0.1) is 24.6 Å². The number of nitrogens with one attached hydrogen (secondary N) is 2. The van der Waals surface area contributed by atoms with Gasteiger partial charge in [0.1, 0.15) is 0 Å². The second-order valence-corrected chi connectivity index (χ2v) is 4.18. The van der Waals surface area contributed by atoms with Crippen LogP contribution in [0.15, 0.2) is 0 Å². The third-order valence-electron chi connectivity index (χ3n) is 2.64. The highest BCUT2D eigenvalue weighted by atomic mass is 16.5. The number of carbonyl (C=O) groups excluding carboxylic acids is 1. The average molecular weight is 270 g/mol. The van der Waals surface area contributed by atoms with Crippen LogP contribution in [0, 0.1) is 6.92 Å². The molecule has 0 saturated carbocycles. The van der Waals surface area contributed by atoms with Gasteiger partial charge in [0, 0.05) is 20.3 Å². The van der Waals surface area contributed by atoms with Crippen LogP contribution in [-0.2, 0) is 9.47 Å². The van der Waals surface area contributed by atoms with Crippen LogP contribution in [0.2, 0.25) is 0 Å². The molecular weight excluding hydrogens is 248 g/mol. The fourth-order valence-electron chi connectivity index (χ4n) is 1.47. The molecule has 0 aliphatic heterocycles. The zero-order chi connectivity index (χ0) is 14.1. The number of anilines is 1. The summed E-state index contributed by atoms with van der Waals surface area (Å²) in [6.45, 7) is 4.23. The number of hydrogen-bond acceptors (Lipinski definition) is 5. The molecule has 1 amide bonds. The van der Waals surface area contributed by atoms with Crippen LogP contribution in [0.5, 0.6) is 0 Å². The number of hydrogen-bond donors (Lipinski definition) is 3. The molecule has 1 aromatic rings. The lowest BCUT2D eigenvalue weighted by Gasteiger charge is -2.05. The average Bonchev–Trinajstić information content (AvgIpc) is 2.73. The van der Waals surface area contributed by atoms with E-state index in [2.05, 4.69) is 15.5 Å². The highest BCUT2D eigenvalue weighted by molar-refractivity contribution is 5.97. The van der Waals surface area contributed by atoms with Crippen LogP contribution in [0.25, 0.3) is 0 Å². The third-order valence-corrected chi connectivity index (χ3v) is 2.64. The van der Waals surface area contributed by atoms with E-state index in [0.29, 0.717) is 37.7 Å². The Bertz CT molecular complexity index is 392. The van der Waals surface area contributed by atoms with Crippen LogP contribution < -0.4 is 11.1 Å². The predicted molar refractivity (Wildman–Crippen MR) is 72.0 cm³/mol. The summed E-state index contributed by atoms with van der Waals surface area (Å²) >= 11 is 0. The topological polar surface area (TPSA) is 102 Å². The number of rotatable bonds is 9. The van der Waals surface area contributed by atoms with E-state index in [0.717, 1.165) is 12.8 Å². The van der Waals surface area contributed by atoms with Crippen molar-refractivity contribution in [2.75, 3.05) is 39.2 Å². The Labute approximate surface area is 112 Å². The van der Waals surface area contributed by atoms with Gasteiger partial charge in [-0.25, -0.2) is 0 Å². The van der Waals surface area contributed by atoms with E-state index < -0.39 is 0 Å². The van der Waals surface area contributed by atoms with E-state index >= 15 is 0 Å². The molecule has 0 spiro atoms. The van der Waals surface area contributed by atoms with E-state index in [9.17, 15) is 4.79 Å². The van der Waals surface area contributed by atoms with Gasteiger partial charge in [-0.05, 0) is 19.8 Å². The summed E-state index contributed by atoms with van der Waals surface area (Å²) in [6, 6.07) is 0. The number of amides is 1. The zero-order valence-electron chi connectivity index (χ0n) is 11.5. The Kier molecular flexibility index (Phi) is 6.91. The molecule has 0 bridgehead atoms. The maximum atomic E-state index is 11.7. The molecular formula is C12H22N4O3. The number of ether oxygens (including phenoxy) is 2. The first-order valence-corrected chi connectivity index (χ1v) is 6.32. The fourth-order valence-corrected chi connectivity index (χ4v) is 1.47. The van der Waals surface area contributed by atoms with Crippen molar-refractivity contribution < 1.29 is 14.3 Å². The van der Waals surface area contributed by atoms with Gasteiger partial charge in [-0.2, -0.15) is 5.10 Å². The molecule has 1 heterocycles. The van der Waals surface area contributed by atoms with Gasteiger partial charge in [-0.15, -0.1) is 0 Å². The SMILES string of the molecule is COCCOCCCCNC(=O)c1n[nH]c(C)c1N. The van der Waals surface area contributed by atoms with Crippen molar-refractivity contribution in [2.45, 2.75) is 19.8 Å². The molecule has 1 rings (SSSR count). The number of aromatic amines is 1. The highest BCUT2D eigenvalue weighted by Gasteiger charge is 2.14. The minimum Gasteiger partial charge on any atom is -0.395 e. The molecule has 0 fully saturated rings. The lowest BCUT2D eigenvalue weighted by molar-refractivity contribution is 0.0686. The summed E-state index contributed by atoms with van der Waals surface area (Å²) in [6.07, 6.45) is 1.74. The quantitative estimate of drug-likeness (QED) is 0.566. The maximum absolute atomic E-state index is 11.7. The standard InChI is InChI=1S/C12H22N4O3/c1-9-10(13)11(16-15-9)12(17)14-5-3-4-6-19-8-7-18-2/h3-8,13H2,1-2H3,(H,14,17)(H,15,16). The number of nitrogen functional groups attached to an aromatic ring is 1. The Morgan fingerprint density at radius 1 is 1.37 bits per heavy atom. The Morgan fingerprint density at radius 3 is 2.79 bits per heavy atom. The molecule has 0 aliphatic carbocycles. The van der Waals surface area contributed by atoms with Crippen LogP contribution in [0.4, 0.5) is 5.69 Å². The number of nitrogens with zero attached hydrogens (tertiary/aromatic N) is 1. The van der Waals surface area contributed by atoms with Crippen molar-refractivity contribution >= 4 is 11.6 Å². The van der Waals surface area contributed by atoms with Gasteiger partial charge in [-0.1, -0.05) is 0 Å². The Hall–Kier alpha value is -1.60. The smallest absolute Gasteiger partial charge is 0.273 e. The summed E-state index contributed by atoms with van der Waals surface area (Å²) in [5.74, 6) is -0.248. The third kappa shape index (κ3) is 5.27. The number of aromatic nitrogens is 2. The predicted octanol–water partition coefficient (Wildman–Crippen LogP) is 0.473. The summed E-state index contributed by atoms with van der Waals surface area (Å²) < 4.78 is 10.2. The van der Waals surface area contributed by atoms with Crippen molar-refractivity contribution in [3.8, 4) is 0 Å². The summed E-state index contributed by atoms with van der Waals surface area (Å²) in [5.41, 5.74) is 7.08. The second kappa shape index (κ2) is 8.49. The molecule has 0 saturated heterocycles. The van der Waals surface area contributed by atoms with Crippen LogP contribution >= 0.6 is 0 Å². The normalized spacial score (nSPS) is 10.6. The fraction of sp³-hybridized carbons (Fsp3) is 0.667. The molecule has 19 heavy (non-hydrogen) atoms. The first-order chi connectivity index (χ1) is 9.16. The number of aryl methyl sites for hydroxylation is 1. The van der Waals surface area contributed by atoms with Gasteiger partial charge in [0.25, 0.3) is 5.91 Å². The van der Waals surface area contributed by atoms with E-state index in [1.807, 2.05) is 0 Å². The number of carbonyl (C=O) groups is 1. The van der Waals surface area contributed by atoms with E-state index in [4.69, 9.17) is 15.2 Å². The van der Waals surface area contributed by atoms with Gasteiger partial charge in [0.2, 0.25) is 0 Å². The number of nitrogens with two attached hydrogens (primary N) is 1. The lowest BCUT2D eigenvalue weighted by atomic mass is 10.3. The minimum atomic E-state index is -0.248. The molecule has 0 aliphatic rings. The minimum absolute atomic E-state index is 0.248. The van der Waals surface area contributed by atoms with Gasteiger partial charge in [-0.3, -0.25) is 9.89 Å². The van der Waals surface area contributed by atoms with Crippen molar-refractivity contribution in [1.82, 2.24) is 15.5 Å². The van der Waals surface area contributed by atoms with Crippen molar-refractivity contribution in [3.63, 3.8) is 0 Å². The van der Waals surface area contributed by atoms with Crippen molar-refractivity contribution in [1.29, 1.82) is 0 Å². The summed E-state index contributed by atoms with van der Waals surface area (Å²) in [7, 11) is 1.64. The van der Waals surface area contributed by atoms with Crippen molar-refractivity contribution in [2.24, 2.45) is 0 Å². The monoisotopic (exact) mass is 270 g/mol. The first-order valence-electron chi connectivity index (χ1n) is 6.32. The molecule has 0 unspecified atom stereocenters. The Balaban J connectivity index is 2.10. The molecule has 4 N–H and O–H groups in total. The number of unbranched alkanes of at least 4 members (excludes halogenated alkanes) is 1. The molecule has 0 aromatic carbocycles.